The van der Waals surface area contributed by atoms with Gasteiger partial charge in [0.15, 0.2) is 0 Å². The van der Waals surface area contributed by atoms with Crippen LogP contribution in [0.4, 0.5) is 5.69 Å². The van der Waals surface area contributed by atoms with Gasteiger partial charge in [0.2, 0.25) is 5.91 Å². The second-order valence-corrected chi connectivity index (χ2v) is 4.41. The van der Waals surface area contributed by atoms with Crippen LogP contribution in [0.3, 0.4) is 0 Å². The van der Waals surface area contributed by atoms with Crippen molar-refractivity contribution in [3.05, 3.63) is 28.8 Å². The highest BCUT2D eigenvalue weighted by Crippen LogP contribution is 2.27. The SMILES string of the molecule is CCNCc1c(Cl)cccc1N(CC)CC(N)=O. The topological polar surface area (TPSA) is 58.4 Å². The van der Waals surface area contributed by atoms with Crippen LogP contribution >= 0.6 is 11.6 Å². The average Bonchev–Trinajstić information content (AvgIpc) is 2.34. The highest BCUT2D eigenvalue weighted by atomic mass is 35.5. The molecular formula is C13H20ClN3O. The molecule has 0 radical (unpaired) electrons. The van der Waals surface area contributed by atoms with Crippen molar-refractivity contribution in [1.82, 2.24) is 5.32 Å². The Morgan fingerprint density at radius 3 is 2.72 bits per heavy atom. The molecule has 0 aliphatic carbocycles. The molecule has 0 saturated heterocycles. The van der Waals surface area contributed by atoms with Crippen LogP contribution in [0.25, 0.3) is 0 Å². The number of halogens is 1. The largest absolute Gasteiger partial charge is 0.368 e. The van der Waals surface area contributed by atoms with Gasteiger partial charge >= 0.3 is 0 Å². The zero-order valence-corrected chi connectivity index (χ0v) is 11.6. The lowest BCUT2D eigenvalue weighted by Crippen LogP contribution is -2.34. The number of nitrogens with one attached hydrogen (secondary N) is 1. The summed E-state index contributed by atoms with van der Waals surface area (Å²) in [6.45, 7) is 6.49. The van der Waals surface area contributed by atoms with Crippen LogP contribution in [0, 0.1) is 0 Å². The first kappa shape index (κ1) is 14.8. The van der Waals surface area contributed by atoms with Crippen molar-refractivity contribution in [2.45, 2.75) is 20.4 Å². The Bertz CT molecular complexity index is 409. The minimum Gasteiger partial charge on any atom is -0.368 e. The molecule has 1 aromatic carbocycles. The van der Waals surface area contributed by atoms with E-state index < -0.39 is 0 Å². The van der Waals surface area contributed by atoms with Gasteiger partial charge < -0.3 is 16.0 Å². The second-order valence-electron chi connectivity index (χ2n) is 4.00. The van der Waals surface area contributed by atoms with Gasteiger partial charge in [0, 0.05) is 29.4 Å². The van der Waals surface area contributed by atoms with E-state index in [-0.39, 0.29) is 12.5 Å². The molecule has 0 bridgehead atoms. The van der Waals surface area contributed by atoms with Crippen LogP contribution in [0.5, 0.6) is 0 Å². The number of nitrogens with two attached hydrogens (primary N) is 1. The minimum absolute atomic E-state index is 0.204. The van der Waals surface area contributed by atoms with E-state index in [4.69, 9.17) is 17.3 Å². The summed E-state index contributed by atoms with van der Waals surface area (Å²) in [5.41, 5.74) is 7.23. The van der Waals surface area contributed by atoms with Crippen molar-refractivity contribution < 1.29 is 4.79 Å². The van der Waals surface area contributed by atoms with E-state index in [0.29, 0.717) is 18.1 Å². The smallest absolute Gasteiger partial charge is 0.236 e. The summed E-state index contributed by atoms with van der Waals surface area (Å²) in [6, 6.07) is 5.71. The highest BCUT2D eigenvalue weighted by Gasteiger charge is 2.13. The number of anilines is 1. The fourth-order valence-corrected chi connectivity index (χ4v) is 2.06. The monoisotopic (exact) mass is 269 g/mol. The molecule has 3 N–H and O–H groups in total. The molecule has 0 aliphatic heterocycles. The number of carbonyl (C=O) groups excluding carboxylic acids is 1. The molecule has 0 aromatic heterocycles. The highest BCUT2D eigenvalue weighted by molar-refractivity contribution is 6.31. The van der Waals surface area contributed by atoms with Gasteiger partial charge in [-0.1, -0.05) is 24.6 Å². The molecule has 1 amide bonds. The Morgan fingerprint density at radius 2 is 2.17 bits per heavy atom. The lowest BCUT2D eigenvalue weighted by Gasteiger charge is -2.25. The molecule has 18 heavy (non-hydrogen) atoms. The van der Waals surface area contributed by atoms with Crippen molar-refractivity contribution >= 4 is 23.2 Å². The first-order chi connectivity index (χ1) is 8.60. The van der Waals surface area contributed by atoms with Crippen molar-refractivity contribution in [2.24, 2.45) is 5.73 Å². The van der Waals surface area contributed by atoms with E-state index >= 15 is 0 Å². The zero-order valence-electron chi connectivity index (χ0n) is 10.9. The van der Waals surface area contributed by atoms with Gasteiger partial charge in [-0.2, -0.15) is 0 Å². The maximum absolute atomic E-state index is 11.1. The summed E-state index contributed by atoms with van der Waals surface area (Å²) < 4.78 is 0. The quantitative estimate of drug-likeness (QED) is 0.793. The van der Waals surface area contributed by atoms with Crippen molar-refractivity contribution in [3.63, 3.8) is 0 Å². The van der Waals surface area contributed by atoms with Crippen molar-refractivity contribution in [2.75, 3.05) is 24.5 Å². The van der Waals surface area contributed by atoms with E-state index in [9.17, 15) is 4.79 Å². The lowest BCUT2D eigenvalue weighted by atomic mass is 10.1. The summed E-state index contributed by atoms with van der Waals surface area (Å²) >= 11 is 6.22. The summed E-state index contributed by atoms with van der Waals surface area (Å²) in [4.78, 5) is 13.0. The number of rotatable bonds is 7. The molecule has 0 unspecified atom stereocenters. The molecule has 0 fully saturated rings. The van der Waals surface area contributed by atoms with E-state index in [1.54, 1.807) is 0 Å². The first-order valence-corrected chi connectivity index (χ1v) is 6.49. The summed E-state index contributed by atoms with van der Waals surface area (Å²) in [7, 11) is 0. The average molecular weight is 270 g/mol. The molecule has 0 aliphatic rings. The number of amides is 1. The van der Waals surface area contributed by atoms with Crippen molar-refractivity contribution in [3.8, 4) is 0 Å². The third kappa shape index (κ3) is 3.89. The van der Waals surface area contributed by atoms with Gasteiger partial charge in [-0.25, -0.2) is 0 Å². The van der Waals surface area contributed by atoms with Gasteiger partial charge in [-0.05, 0) is 25.6 Å². The Kier molecular flexibility index (Phi) is 5.95. The van der Waals surface area contributed by atoms with Crippen LogP contribution in [0.15, 0.2) is 18.2 Å². The van der Waals surface area contributed by atoms with Gasteiger partial charge in [0.05, 0.1) is 6.54 Å². The lowest BCUT2D eigenvalue weighted by molar-refractivity contribution is -0.116. The Balaban J connectivity index is 3.04. The molecule has 1 rings (SSSR count). The molecule has 1 aromatic rings. The third-order valence-corrected chi connectivity index (χ3v) is 3.07. The molecule has 0 atom stereocenters. The minimum atomic E-state index is -0.341. The van der Waals surface area contributed by atoms with Gasteiger partial charge in [-0.15, -0.1) is 0 Å². The Labute approximate surface area is 113 Å². The van der Waals surface area contributed by atoms with Crippen molar-refractivity contribution in [1.29, 1.82) is 0 Å². The standard InChI is InChI=1S/C13H20ClN3O/c1-3-16-8-10-11(14)6-5-7-12(10)17(4-2)9-13(15)18/h5-7,16H,3-4,8-9H2,1-2H3,(H2,15,18). The number of hydrogen-bond acceptors (Lipinski definition) is 3. The van der Waals surface area contributed by atoms with Gasteiger partial charge in [0.1, 0.15) is 0 Å². The number of primary amides is 1. The summed E-state index contributed by atoms with van der Waals surface area (Å²) in [5.74, 6) is -0.341. The summed E-state index contributed by atoms with van der Waals surface area (Å²) in [6.07, 6.45) is 0. The number of benzene rings is 1. The molecule has 100 valence electrons. The summed E-state index contributed by atoms with van der Waals surface area (Å²) in [5, 5.41) is 3.96. The van der Waals surface area contributed by atoms with E-state index in [1.165, 1.54) is 0 Å². The second kappa shape index (κ2) is 7.24. The van der Waals surface area contributed by atoms with Crippen LogP contribution in [0.2, 0.25) is 5.02 Å². The normalized spacial score (nSPS) is 10.4. The predicted octanol–water partition coefficient (Wildman–Crippen LogP) is 1.76. The van der Waals surface area contributed by atoms with Gasteiger partial charge in [0.25, 0.3) is 0 Å². The van der Waals surface area contributed by atoms with Crippen LogP contribution in [-0.4, -0.2) is 25.5 Å². The van der Waals surface area contributed by atoms with Crippen LogP contribution in [0.1, 0.15) is 19.4 Å². The van der Waals surface area contributed by atoms with E-state index in [2.05, 4.69) is 5.32 Å². The first-order valence-electron chi connectivity index (χ1n) is 6.11. The zero-order chi connectivity index (χ0) is 13.5. The number of carbonyl (C=O) groups is 1. The maximum atomic E-state index is 11.1. The number of nitrogens with zero attached hydrogens (tertiary/aromatic N) is 1. The fraction of sp³-hybridized carbons (Fsp3) is 0.462. The molecule has 5 heteroatoms. The van der Waals surface area contributed by atoms with Crippen LogP contribution < -0.4 is 16.0 Å². The Morgan fingerprint density at radius 1 is 1.44 bits per heavy atom. The predicted molar refractivity (Wildman–Crippen MR) is 75.9 cm³/mol. The molecule has 4 nitrogen and oxygen atoms in total. The maximum Gasteiger partial charge on any atom is 0.236 e. The Hall–Kier alpha value is -1.26. The third-order valence-electron chi connectivity index (χ3n) is 2.72. The molecular weight excluding hydrogens is 250 g/mol. The molecule has 0 heterocycles. The van der Waals surface area contributed by atoms with E-state index in [0.717, 1.165) is 17.8 Å². The molecule has 0 spiro atoms. The number of likely N-dealkylation sites (N-methyl/N-ethyl adjacent to an activating group) is 1. The van der Waals surface area contributed by atoms with Gasteiger partial charge in [-0.3, -0.25) is 4.79 Å². The van der Waals surface area contributed by atoms with E-state index in [1.807, 2.05) is 36.9 Å². The number of hydrogen-bond donors (Lipinski definition) is 2. The van der Waals surface area contributed by atoms with Crippen LogP contribution in [-0.2, 0) is 11.3 Å². The molecule has 0 saturated carbocycles. The fourth-order valence-electron chi connectivity index (χ4n) is 1.82.